The molecule has 0 spiro atoms. The van der Waals surface area contributed by atoms with Crippen LogP contribution in [0.3, 0.4) is 0 Å². The maximum atomic E-state index is 13.1. The highest BCUT2D eigenvalue weighted by molar-refractivity contribution is 5.99. The van der Waals surface area contributed by atoms with Crippen LogP contribution in [-0.4, -0.2) is 33.4 Å². The first kappa shape index (κ1) is 23.0. The molecule has 0 amide bonds. The summed E-state index contributed by atoms with van der Waals surface area (Å²) in [4.78, 5) is 35.5. The molecule has 2 aromatic carbocycles. The lowest BCUT2D eigenvalue weighted by molar-refractivity contribution is -0.123. The SMILES string of the molecule is CCOC(=O)c1cccc([C@]23CC(=CO)C(=O)[C@@H](C)[C@@H]2CCc2cnc(-c4ccccc4)nc23)c1. The Hall–Kier alpha value is -3.80. The Morgan fingerprint density at radius 2 is 2.00 bits per heavy atom. The monoisotopic (exact) mass is 468 g/mol. The van der Waals surface area contributed by atoms with Crippen molar-refractivity contribution in [2.45, 2.75) is 38.5 Å². The van der Waals surface area contributed by atoms with Crippen molar-refractivity contribution in [2.75, 3.05) is 6.61 Å². The third-order valence-electron chi connectivity index (χ3n) is 7.52. The highest BCUT2D eigenvalue weighted by atomic mass is 16.5. The molecule has 2 aliphatic rings. The second kappa shape index (κ2) is 9.10. The fourth-order valence-corrected chi connectivity index (χ4v) is 5.89. The van der Waals surface area contributed by atoms with Crippen LogP contribution in [0.15, 0.2) is 72.6 Å². The molecular weight excluding hydrogens is 440 g/mol. The maximum Gasteiger partial charge on any atom is 0.338 e. The molecule has 2 aliphatic carbocycles. The van der Waals surface area contributed by atoms with Crippen LogP contribution >= 0.6 is 0 Å². The van der Waals surface area contributed by atoms with Crippen molar-refractivity contribution in [3.63, 3.8) is 0 Å². The zero-order chi connectivity index (χ0) is 24.6. The summed E-state index contributed by atoms with van der Waals surface area (Å²) in [6.45, 7) is 4.00. The molecule has 6 heteroatoms. The number of rotatable bonds is 4. The topological polar surface area (TPSA) is 89.4 Å². The summed E-state index contributed by atoms with van der Waals surface area (Å²) in [5.41, 5.74) is 3.84. The molecule has 1 heterocycles. The van der Waals surface area contributed by atoms with Crippen LogP contribution in [0.5, 0.6) is 0 Å². The summed E-state index contributed by atoms with van der Waals surface area (Å²) in [5, 5.41) is 10.0. The van der Waals surface area contributed by atoms with Gasteiger partial charge in [0.15, 0.2) is 11.6 Å². The van der Waals surface area contributed by atoms with Crippen molar-refractivity contribution >= 4 is 11.8 Å². The molecule has 1 fully saturated rings. The average Bonchev–Trinajstić information content (AvgIpc) is 2.91. The number of carbonyl (C=O) groups excluding carboxylic acids is 2. The molecule has 0 saturated heterocycles. The van der Waals surface area contributed by atoms with E-state index in [1.165, 1.54) is 0 Å². The van der Waals surface area contributed by atoms with Gasteiger partial charge in [-0.3, -0.25) is 4.79 Å². The number of nitrogens with zero attached hydrogens (tertiary/aromatic N) is 2. The molecule has 1 N–H and O–H groups in total. The van der Waals surface area contributed by atoms with Crippen molar-refractivity contribution in [1.29, 1.82) is 0 Å². The van der Waals surface area contributed by atoms with E-state index in [1.807, 2.05) is 61.7 Å². The maximum absolute atomic E-state index is 13.1. The third kappa shape index (κ3) is 3.73. The van der Waals surface area contributed by atoms with E-state index in [0.717, 1.165) is 41.5 Å². The third-order valence-corrected chi connectivity index (χ3v) is 7.52. The van der Waals surface area contributed by atoms with Gasteiger partial charge in [-0.1, -0.05) is 49.4 Å². The van der Waals surface area contributed by atoms with Gasteiger partial charge in [-0.05, 0) is 55.4 Å². The molecule has 3 atom stereocenters. The number of benzene rings is 2. The standard InChI is InChI=1S/C29H28N2O4/c1-3-35-28(34)20-10-7-11-23(14-20)29-15-22(17-32)25(33)18(2)24(29)13-12-21-16-30-27(31-26(21)29)19-8-5-4-6-9-19/h4-11,14,16-18,24,32H,3,12-13,15H2,1-2H3/t18-,24-,29+/m0/s1. The summed E-state index contributed by atoms with van der Waals surface area (Å²) in [5.74, 6) is -0.150. The van der Waals surface area contributed by atoms with E-state index in [9.17, 15) is 14.7 Å². The van der Waals surface area contributed by atoms with E-state index in [0.29, 0.717) is 23.4 Å². The lowest BCUT2D eigenvalue weighted by Gasteiger charge is -2.50. The van der Waals surface area contributed by atoms with Crippen LogP contribution in [0.4, 0.5) is 0 Å². The largest absolute Gasteiger partial charge is 0.515 e. The number of aliphatic hydroxyl groups is 1. The van der Waals surface area contributed by atoms with Gasteiger partial charge >= 0.3 is 5.97 Å². The summed E-state index contributed by atoms with van der Waals surface area (Å²) in [6, 6.07) is 17.3. The summed E-state index contributed by atoms with van der Waals surface area (Å²) >= 11 is 0. The number of fused-ring (bicyclic) bond motifs is 3. The highest BCUT2D eigenvalue weighted by Crippen LogP contribution is 2.55. The lowest BCUT2D eigenvalue weighted by atomic mass is 9.52. The molecule has 1 saturated carbocycles. The normalized spacial score (nSPS) is 24.5. The lowest BCUT2D eigenvalue weighted by Crippen LogP contribution is -2.51. The van der Waals surface area contributed by atoms with Gasteiger partial charge in [0.1, 0.15) is 0 Å². The van der Waals surface area contributed by atoms with Crippen LogP contribution in [0.1, 0.15) is 53.9 Å². The summed E-state index contributed by atoms with van der Waals surface area (Å²) in [7, 11) is 0. The first-order valence-electron chi connectivity index (χ1n) is 12.1. The van der Waals surface area contributed by atoms with Crippen molar-refractivity contribution in [3.05, 3.63) is 95.0 Å². The minimum atomic E-state index is -0.690. The van der Waals surface area contributed by atoms with Crippen LogP contribution in [0.2, 0.25) is 0 Å². The quantitative estimate of drug-likeness (QED) is 0.321. The van der Waals surface area contributed by atoms with Gasteiger partial charge in [0.2, 0.25) is 0 Å². The van der Waals surface area contributed by atoms with Gasteiger partial charge in [-0.15, -0.1) is 0 Å². The summed E-state index contributed by atoms with van der Waals surface area (Å²) in [6.07, 6.45) is 4.70. The molecule has 3 aromatic rings. The molecule has 0 radical (unpaired) electrons. The van der Waals surface area contributed by atoms with Crippen molar-refractivity contribution in [1.82, 2.24) is 9.97 Å². The van der Waals surface area contributed by atoms with Gasteiger partial charge in [0, 0.05) is 28.7 Å². The smallest absolute Gasteiger partial charge is 0.338 e. The number of allylic oxidation sites excluding steroid dienone is 1. The number of aryl methyl sites for hydroxylation is 1. The Balaban J connectivity index is 1.77. The number of hydrogen-bond donors (Lipinski definition) is 1. The molecular formula is C29H28N2O4. The Kier molecular flexibility index (Phi) is 5.97. The van der Waals surface area contributed by atoms with Crippen LogP contribution in [0, 0.1) is 11.8 Å². The van der Waals surface area contributed by atoms with Crippen molar-refractivity contribution < 1.29 is 19.4 Å². The first-order chi connectivity index (χ1) is 17.0. The van der Waals surface area contributed by atoms with Crippen molar-refractivity contribution in [3.8, 4) is 11.4 Å². The molecule has 1 aromatic heterocycles. The second-order valence-corrected chi connectivity index (χ2v) is 9.34. The zero-order valence-corrected chi connectivity index (χ0v) is 19.9. The zero-order valence-electron chi connectivity index (χ0n) is 19.9. The Bertz CT molecular complexity index is 1320. The minimum absolute atomic E-state index is 0.0320. The van der Waals surface area contributed by atoms with Gasteiger partial charge in [-0.2, -0.15) is 0 Å². The van der Waals surface area contributed by atoms with Gasteiger partial charge in [-0.25, -0.2) is 14.8 Å². The number of ketones is 1. The molecule has 6 nitrogen and oxygen atoms in total. The number of hydrogen-bond acceptors (Lipinski definition) is 6. The Morgan fingerprint density at radius 3 is 2.74 bits per heavy atom. The average molecular weight is 469 g/mol. The molecule has 5 rings (SSSR count). The van der Waals surface area contributed by atoms with E-state index in [-0.39, 0.29) is 30.2 Å². The van der Waals surface area contributed by atoms with E-state index in [4.69, 9.17) is 9.72 Å². The van der Waals surface area contributed by atoms with Crippen LogP contribution in [0.25, 0.3) is 11.4 Å². The summed E-state index contributed by atoms with van der Waals surface area (Å²) < 4.78 is 5.26. The second-order valence-electron chi connectivity index (χ2n) is 9.34. The predicted octanol–water partition coefficient (Wildman–Crippen LogP) is 5.22. The van der Waals surface area contributed by atoms with Crippen molar-refractivity contribution in [2.24, 2.45) is 11.8 Å². The number of ether oxygens (including phenoxy) is 1. The van der Waals surface area contributed by atoms with Gasteiger partial charge in [0.05, 0.1) is 24.1 Å². The molecule has 0 bridgehead atoms. The highest BCUT2D eigenvalue weighted by Gasteiger charge is 2.55. The number of aliphatic hydroxyl groups excluding tert-OH is 1. The van der Waals surface area contributed by atoms with Crippen LogP contribution < -0.4 is 0 Å². The Labute approximate surface area is 204 Å². The fraction of sp³-hybridized carbons (Fsp3) is 0.310. The number of Topliss-reactive ketones (excluding diaryl/α,β-unsaturated/α-hetero) is 1. The van der Waals surface area contributed by atoms with Crippen LogP contribution in [-0.2, 0) is 21.4 Å². The minimum Gasteiger partial charge on any atom is -0.515 e. The number of carbonyl (C=O) groups is 2. The number of aromatic nitrogens is 2. The Morgan fingerprint density at radius 1 is 1.20 bits per heavy atom. The van der Waals surface area contributed by atoms with Gasteiger partial charge < -0.3 is 9.84 Å². The first-order valence-corrected chi connectivity index (χ1v) is 12.1. The molecule has 0 unspecified atom stereocenters. The molecule has 0 aliphatic heterocycles. The van der Waals surface area contributed by atoms with E-state index < -0.39 is 5.41 Å². The van der Waals surface area contributed by atoms with E-state index in [2.05, 4.69) is 4.98 Å². The van der Waals surface area contributed by atoms with E-state index >= 15 is 0 Å². The molecule has 35 heavy (non-hydrogen) atoms. The van der Waals surface area contributed by atoms with Gasteiger partial charge in [0.25, 0.3) is 0 Å². The number of esters is 1. The fourth-order valence-electron chi connectivity index (χ4n) is 5.89. The molecule has 178 valence electrons. The predicted molar refractivity (Wildman–Crippen MR) is 132 cm³/mol. The van der Waals surface area contributed by atoms with E-state index in [1.54, 1.807) is 13.0 Å².